The lowest BCUT2D eigenvalue weighted by Crippen LogP contribution is -2.36. The molecular formula is C16H23N6O+. The zero-order valence-electron chi connectivity index (χ0n) is 13.7. The Morgan fingerprint density at radius 2 is 1.87 bits per heavy atom. The number of aromatic nitrogens is 3. The molecule has 23 heavy (non-hydrogen) atoms. The summed E-state index contributed by atoms with van der Waals surface area (Å²) in [4.78, 5) is 2.32. The number of hydrogen-bond acceptors (Lipinski definition) is 5. The van der Waals surface area contributed by atoms with Gasteiger partial charge in [-0.25, -0.2) is 4.57 Å². The molecular weight excluding hydrogens is 292 g/mol. The van der Waals surface area contributed by atoms with Gasteiger partial charge in [-0.05, 0) is 43.2 Å². The lowest BCUT2D eigenvalue weighted by molar-refractivity contribution is -0.681. The highest BCUT2D eigenvalue weighted by Gasteiger charge is 2.15. The molecule has 1 aliphatic heterocycles. The Balaban J connectivity index is 1.74. The molecule has 0 atom stereocenters. The number of rotatable bonds is 5. The Morgan fingerprint density at radius 3 is 2.52 bits per heavy atom. The second-order valence-corrected chi connectivity index (χ2v) is 5.35. The quantitative estimate of drug-likeness (QED) is 0.629. The number of benzene rings is 1. The maximum atomic E-state index is 5.38. The van der Waals surface area contributed by atoms with Crippen molar-refractivity contribution in [2.45, 2.75) is 26.9 Å². The van der Waals surface area contributed by atoms with Gasteiger partial charge in [0.1, 0.15) is 0 Å². The van der Waals surface area contributed by atoms with E-state index in [1.807, 2.05) is 28.3 Å². The van der Waals surface area contributed by atoms with Crippen molar-refractivity contribution in [3.63, 3.8) is 0 Å². The molecule has 2 heterocycles. The first-order valence-corrected chi connectivity index (χ1v) is 8.11. The van der Waals surface area contributed by atoms with Gasteiger partial charge in [-0.1, -0.05) is 5.11 Å². The number of nitrogens with zero attached hydrogens (tertiary/aromatic N) is 6. The number of aryl methyl sites for hydroxylation is 2. The molecule has 2 aromatic rings. The normalized spacial score (nSPS) is 15.5. The number of azo groups is 1. The van der Waals surface area contributed by atoms with E-state index in [2.05, 4.69) is 39.3 Å². The topological polar surface area (TPSA) is 58.9 Å². The highest BCUT2D eigenvalue weighted by atomic mass is 16.5. The van der Waals surface area contributed by atoms with Crippen LogP contribution in [0, 0.1) is 0 Å². The van der Waals surface area contributed by atoms with Gasteiger partial charge in [-0.3, -0.25) is 0 Å². The van der Waals surface area contributed by atoms with Crippen LogP contribution in [0.4, 0.5) is 17.3 Å². The minimum atomic E-state index is 0.771. The maximum Gasteiger partial charge on any atom is 0.403 e. The molecule has 1 saturated heterocycles. The van der Waals surface area contributed by atoms with E-state index in [1.165, 1.54) is 5.69 Å². The van der Waals surface area contributed by atoms with Crippen LogP contribution in [0.1, 0.15) is 13.8 Å². The number of ether oxygens (including phenoxy) is 1. The fraction of sp³-hybridized carbons (Fsp3) is 0.500. The van der Waals surface area contributed by atoms with Crippen LogP contribution in [0.2, 0.25) is 0 Å². The molecule has 3 rings (SSSR count). The molecule has 7 nitrogen and oxygen atoms in total. The molecule has 0 saturated carbocycles. The van der Waals surface area contributed by atoms with Gasteiger partial charge in [0.25, 0.3) is 0 Å². The van der Waals surface area contributed by atoms with Crippen LogP contribution in [0.25, 0.3) is 0 Å². The number of hydrogen-bond donors (Lipinski definition) is 0. The average molecular weight is 315 g/mol. The Labute approximate surface area is 136 Å². The van der Waals surface area contributed by atoms with Gasteiger partial charge < -0.3 is 9.64 Å². The number of morpholine rings is 1. The van der Waals surface area contributed by atoms with E-state index in [0.717, 1.165) is 51.0 Å². The standard InChI is InChI=1S/C16H23N6O/c1-3-20-13-17-22(4-2)16(20)19-18-14-5-7-15(8-6-14)21-9-11-23-12-10-21/h5-8,13H,3-4,9-12H2,1-2H3/q+1. The molecule has 1 aromatic carbocycles. The van der Waals surface area contributed by atoms with Gasteiger partial charge >= 0.3 is 5.95 Å². The molecule has 7 heteroatoms. The van der Waals surface area contributed by atoms with Crippen molar-refractivity contribution in [3.05, 3.63) is 30.6 Å². The van der Waals surface area contributed by atoms with Crippen LogP contribution >= 0.6 is 0 Å². The van der Waals surface area contributed by atoms with E-state index in [4.69, 9.17) is 4.74 Å². The Morgan fingerprint density at radius 1 is 1.13 bits per heavy atom. The van der Waals surface area contributed by atoms with Crippen molar-refractivity contribution in [3.8, 4) is 0 Å². The van der Waals surface area contributed by atoms with E-state index in [1.54, 1.807) is 6.33 Å². The molecule has 1 fully saturated rings. The Bertz CT molecular complexity index is 636. The largest absolute Gasteiger partial charge is 0.403 e. The predicted octanol–water partition coefficient (Wildman–Crippen LogP) is 2.46. The summed E-state index contributed by atoms with van der Waals surface area (Å²) in [5.74, 6) is 0.771. The smallest absolute Gasteiger partial charge is 0.378 e. The lowest BCUT2D eigenvalue weighted by Gasteiger charge is -2.28. The molecule has 1 aliphatic rings. The van der Waals surface area contributed by atoms with Crippen molar-refractivity contribution in [2.24, 2.45) is 10.2 Å². The van der Waals surface area contributed by atoms with Crippen molar-refractivity contribution in [1.29, 1.82) is 0 Å². The highest BCUT2D eigenvalue weighted by Crippen LogP contribution is 2.22. The zero-order valence-corrected chi connectivity index (χ0v) is 13.7. The van der Waals surface area contributed by atoms with Gasteiger partial charge in [0.05, 0.1) is 32.0 Å². The van der Waals surface area contributed by atoms with E-state index in [0.29, 0.717) is 0 Å². The summed E-state index contributed by atoms with van der Waals surface area (Å²) < 4.78 is 9.21. The average Bonchev–Trinajstić information content (AvgIpc) is 3.03. The van der Waals surface area contributed by atoms with Crippen LogP contribution in [0.15, 0.2) is 40.8 Å². The second-order valence-electron chi connectivity index (χ2n) is 5.35. The highest BCUT2D eigenvalue weighted by molar-refractivity contribution is 5.52. The van der Waals surface area contributed by atoms with Gasteiger partial charge in [-0.2, -0.15) is 0 Å². The second kappa shape index (κ2) is 7.32. The van der Waals surface area contributed by atoms with Gasteiger partial charge in [-0.15, -0.1) is 4.68 Å². The van der Waals surface area contributed by atoms with Gasteiger partial charge in [0.2, 0.25) is 6.33 Å². The molecule has 122 valence electrons. The zero-order chi connectivity index (χ0) is 16.1. The summed E-state index contributed by atoms with van der Waals surface area (Å²) in [6.45, 7) is 9.17. The molecule has 1 aromatic heterocycles. The third kappa shape index (κ3) is 3.56. The molecule has 0 unspecified atom stereocenters. The van der Waals surface area contributed by atoms with Crippen molar-refractivity contribution in [2.75, 3.05) is 31.2 Å². The third-order valence-corrected chi connectivity index (χ3v) is 3.94. The maximum absolute atomic E-state index is 5.38. The molecule has 0 aliphatic carbocycles. The van der Waals surface area contributed by atoms with E-state index >= 15 is 0 Å². The van der Waals surface area contributed by atoms with Gasteiger partial charge in [0.15, 0.2) is 0 Å². The number of anilines is 1. The van der Waals surface area contributed by atoms with E-state index < -0.39 is 0 Å². The summed E-state index contributed by atoms with van der Waals surface area (Å²) in [6, 6.07) is 8.17. The summed E-state index contributed by atoms with van der Waals surface area (Å²) in [5.41, 5.74) is 2.04. The predicted molar refractivity (Wildman–Crippen MR) is 87.4 cm³/mol. The van der Waals surface area contributed by atoms with Crippen LogP contribution in [-0.2, 0) is 17.8 Å². The Hall–Kier alpha value is -2.28. The van der Waals surface area contributed by atoms with Crippen LogP contribution in [0.3, 0.4) is 0 Å². The molecule has 0 N–H and O–H groups in total. The van der Waals surface area contributed by atoms with E-state index in [9.17, 15) is 0 Å². The fourth-order valence-corrected chi connectivity index (χ4v) is 2.59. The van der Waals surface area contributed by atoms with Crippen LogP contribution in [0.5, 0.6) is 0 Å². The van der Waals surface area contributed by atoms with Gasteiger partial charge in [0, 0.05) is 23.9 Å². The van der Waals surface area contributed by atoms with Crippen LogP contribution < -0.4 is 9.47 Å². The van der Waals surface area contributed by atoms with Crippen molar-refractivity contribution in [1.82, 2.24) is 9.78 Å². The minimum absolute atomic E-state index is 0.771. The van der Waals surface area contributed by atoms with Crippen LogP contribution in [-0.4, -0.2) is 36.1 Å². The molecule has 0 radical (unpaired) electrons. The minimum Gasteiger partial charge on any atom is -0.378 e. The third-order valence-electron chi connectivity index (χ3n) is 3.94. The first-order chi connectivity index (χ1) is 11.3. The SMILES string of the molecule is CCn1nc[n+](CC)c1/N=N/c1ccc(N2CCOCC2)cc1. The van der Waals surface area contributed by atoms with Crippen molar-refractivity contribution < 1.29 is 9.30 Å². The fourth-order valence-electron chi connectivity index (χ4n) is 2.59. The molecule has 0 bridgehead atoms. The van der Waals surface area contributed by atoms with E-state index in [-0.39, 0.29) is 0 Å². The molecule has 0 amide bonds. The summed E-state index contributed by atoms with van der Waals surface area (Å²) in [6.07, 6.45) is 1.79. The summed E-state index contributed by atoms with van der Waals surface area (Å²) in [7, 11) is 0. The molecule has 0 spiro atoms. The monoisotopic (exact) mass is 315 g/mol. The Kier molecular flexibility index (Phi) is 4.97. The van der Waals surface area contributed by atoms with Crippen molar-refractivity contribution >= 4 is 17.3 Å². The summed E-state index contributed by atoms with van der Waals surface area (Å²) in [5, 5.41) is 13.0. The first kappa shape index (κ1) is 15.6. The summed E-state index contributed by atoms with van der Waals surface area (Å²) >= 11 is 0. The lowest BCUT2D eigenvalue weighted by atomic mass is 10.2. The first-order valence-electron chi connectivity index (χ1n) is 8.11.